The minimum Gasteiger partial charge on any atom is -0.491 e. The van der Waals surface area contributed by atoms with Gasteiger partial charge in [-0.1, -0.05) is 0 Å². The van der Waals surface area contributed by atoms with Crippen LogP contribution in [0.2, 0.25) is 0 Å². The number of hydrogen-bond donors (Lipinski definition) is 3. The number of rotatable bonds is 9. The minimum atomic E-state index is -0.534. The molecule has 1 aliphatic rings. The van der Waals surface area contributed by atoms with E-state index in [9.17, 15) is 14.4 Å². The summed E-state index contributed by atoms with van der Waals surface area (Å²) in [7, 11) is 0. The van der Waals surface area contributed by atoms with Crippen molar-refractivity contribution in [3.63, 3.8) is 0 Å². The highest BCUT2D eigenvalue weighted by Crippen LogP contribution is 2.20. The van der Waals surface area contributed by atoms with Crippen molar-refractivity contribution in [1.29, 1.82) is 0 Å². The molecular weight excluding hydrogens is 448 g/mol. The summed E-state index contributed by atoms with van der Waals surface area (Å²) in [6.45, 7) is 4.02. The third-order valence-electron chi connectivity index (χ3n) is 4.86. The number of carbonyl (C=O) groups excluding carboxylic acids is 3. The van der Waals surface area contributed by atoms with Gasteiger partial charge in [0.05, 0.1) is 25.3 Å². The van der Waals surface area contributed by atoms with E-state index in [1.54, 1.807) is 41.3 Å². The quantitative estimate of drug-likeness (QED) is 0.283. The number of carbonyl (C=O) groups is 3. The van der Waals surface area contributed by atoms with Gasteiger partial charge in [0.2, 0.25) is 11.8 Å². The Balaban J connectivity index is 1.39. The van der Waals surface area contributed by atoms with Gasteiger partial charge in [-0.2, -0.15) is 0 Å². The van der Waals surface area contributed by atoms with E-state index in [2.05, 4.69) is 16.2 Å². The molecule has 10 nitrogen and oxygen atoms in total. The van der Waals surface area contributed by atoms with Gasteiger partial charge in [0.25, 0.3) is 5.91 Å². The molecule has 0 bridgehead atoms. The van der Waals surface area contributed by atoms with E-state index in [1.165, 1.54) is 6.26 Å². The SMILES string of the molecule is CCOCCOc1ccc(C(=O)NC(=S)NNC(=O)C2CC(=O)N(Cc3ccco3)C2)cc1. The molecule has 2 aromatic rings. The third kappa shape index (κ3) is 7.29. The second-order valence-electron chi connectivity index (χ2n) is 7.22. The highest BCUT2D eigenvalue weighted by atomic mass is 32.1. The first kappa shape index (κ1) is 24.2. The van der Waals surface area contributed by atoms with Gasteiger partial charge >= 0.3 is 0 Å². The molecule has 1 aromatic heterocycles. The average molecular weight is 475 g/mol. The second kappa shape index (κ2) is 12.0. The van der Waals surface area contributed by atoms with E-state index in [1.807, 2.05) is 6.92 Å². The molecule has 0 radical (unpaired) electrons. The van der Waals surface area contributed by atoms with Crippen LogP contribution in [0, 0.1) is 5.92 Å². The first-order valence-corrected chi connectivity index (χ1v) is 10.9. The molecule has 1 aliphatic heterocycles. The number of thiocarbonyl (C=S) groups is 1. The summed E-state index contributed by atoms with van der Waals surface area (Å²) in [6, 6.07) is 10.1. The van der Waals surface area contributed by atoms with Gasteiger partial charge in [0.1, 0.15) is 18.1 Å². The van der Waals surface area contributed by atoms with Crippen molar-refractivity contribution in [2.75, 3.05) is 26.4 Å². The van der Waals surface area contributed by atoms with E-state index in [0.29, 0.717) is 43.4 Å². The molecule has 1 atom stereocenters. The molecular formula is C22H26N4O6S. The molecule has 176 valence electrons. The Morgan fingerprint density at radius 2 is 1.97 bits per heavy atom. The summed E-state index contributed by atoms with van der Waals surface area (Å²) >= 11 is 5.07. The molecule has 2 heterocycles. The van der Waals surface area contributed by atoms with Crippen molar-refractivity contribution in [2.45, 2.75) is 19.9 Å². The van der Waals surface area contributed by atoms with Crippen LogP contribution in [0.5, 0.6) is 5.75 Å². The van der Waals surface area contributed by atoms with Crippen LogP contribution in [0.3, 0.4) is 0 Å². The van der Waals surface area contributed by atoms with Gasteiger partial charge < -0.3 is 18.8 Å². The van der Waals surface area contributed by atoms with Crippen molar-refractivity contribution in [2.24, 2.45) is 5.92 Å². The lowest BCUT2D eigenvalue weighted by Crippen LogP contribution is -2.50. The first-order chi connectivity index (χ1) is 16.0. The number of hydrogen-bond acceptors (Lipinski definition) is 7. The highest BCUT2D eigenvalue weighted by molar-refractivity contribution is 7.80. The van der Waals surface area contributed by atoms with Crippen molar-refractivity contribution in [3.8, 4) is 5.75 Å². The first-order valence-electron chi connectivity index (χ1n) is 10.5. The Kier molecular flexibility index (Phi) is 8.79. The topological polar surface area (TPSA) is 122 Å². The maximum atomic E-state index is 12.4. The monoisotopic (exact) mass is 474 g/mol. The number of benzene rings is 1. The molecule has 11 heteroatoms. The van der Waals surface area contributed by atoms with E-state index in [-0.39, 0.29) is 24.0 Å². The lowest BCUT2D eigenvalue weighted by molar-refractivity contribution is -0.129. The van der Waals surface area contributed by atoms with E-state index in [0.717, 1.165) is 0 Å². The number of nitrogens with zero attached hydrogens (tertiary/aromatic N) is 1. The van der Waals surface area contributed by atoms with Crippen molar-refractivity contribution in [3.05, 3.63) is 54.0 Å². The smallest absolute Gasteiger partial charge is 0.257 e. The molecule has 3 N–H and O–H groups in total. The molecule has 1 saturated heterocycles. The van der Waals surface area contributed by atoms with Gasteiger partial charge in [0.15, 0.2) is 5.11 Å². The predicted molar refractivity (Wildman–Crippen MR) is 122 cm³/mol. The standard InChI is InChI=1S/C22H26N4O6S/c1-2-30-10-11-32-17-7-5-15(6-8-17)20(28)23-22(33)25-24-21(29)16-12-19(27)26(13-16)14-18-4-3-9-31-18/h3-9,16H,2,10-14H2,1H3,(H,24,29)(H2,23,25,28,33). The van der Waals surface area contributed by atoms with E-state index >= 15 is 0 Å². The van der Waals surface area contributed by atoms with Crippen LogP contribution in [0.15, 0.2) is 47.1 Å². The van der Waals surface area contributed by atoms with E-state index in [4.69, 9.17) is 26.1 Å². The largest absolute Gasteiger partial charge is 0.491 e. The predicted octanol–water partition coefficient (Wildman–Crippen LogP) is 1.38. The minimum absolute atomic E-state index is 0.0674. The maximum Gasteiger partial charge on any atom is 0.257 e. The lowest BCUT2D eigenvalue weighted by atomic mass is 10.1. The van der Waals surface area contributed by atoms with Crippen LogP contribution in [0.25, 0.3) is 0 Å². The average Bonchev–Trinajstić information content (AvgIpc) is 3.45. The summed E-state index contributed by atoms with van der Waals surface area (Å²) in [5.74, 6) is -0.233. The van der Waals surface area contributed by atoms with Crippen molar-refractivity contribution >= 4 is 35.1 Å². The fourth-order valence-corrected chi connectivity index (χ4v) is 3.33. The molecule has 0 spiro atoms. The number of nitrogens with one attached hydrogen (secondary N) is 3. The number of furan rings is 1. The Labute approximate surface area is 196 Å². The van der Waals surface area contributed by atoms with Crippen molar-refractivity contribution < 1.29 is 28.3 Å². The zero-order valence-corrected chi connectivity index (χ0v) is 19.0. The molecule has 0 saturated carbocycles. The van der Waals surface area contributed by atoms with Crippen LogP contribution in [0.4, 0.5) is 0 Å². The molecule has 3 amide bonds. The number of likely N-dealkylation sites (tertiary alicyclic amines) is 1. The van der Waals surface area contributed by atoms with Crippen LogP contribution in [-0.4, -0.2) is 54.1 Å². The maximum absolute atomic E-state index is 12.4. The summed E-state index contributed by atoms with van der Waals surface area (Å²) in [5, 5.41) is 2.42. The van der Waals surface area contributed by atoms with Gasteiger partial charge in [-0.05, 0) is 55.5 Å². The zero-order chi connectivity index (χ0) is 23.6. The van der Waals surface area contributed by atoms with Crippen LogP contribution in [0.1, 0.15) is 29.5 Å². The van der Waals surface area contributed by atoms with Crippen LogP contribution < -0.4 is 20.9 Å². The van der Waals surface area contributed by atoms with Crippen LogP contribution >= 0.6 is 12.2 Å². The fourth-order valence-electron chi connectivity index (χ4n) is 3.18. The summed E-state index contributed by atoms with van der Waals surface area (Å²) in [5.41, 5.74) is 5.32. The Morgan fingerprint density at radius 3 is 2.67 bits per heavy atom. The zero-order valence-electron chi connectivity index (χ0n) is 18.2. The number of ether oxygens (including phenoxy) is 2. The van der Waals surface area contributed by atoms with Gasteiger partial charge in [-0.25, -0.2) is 0 Å². The molecule has 0 aliphatic carbocycles. The highest BCUT2D eigenvalue weighted by Gasteiger charge is 2.34. The molecule has 1 fully saturated rings. The Morgan fingerprint density at radius 1 is 1.18 bits per heavy atom. The van der Waals surface area contributed by atoms with Gasteiger partial charge in [0, 0.05) is 25.1 Å². The van der Waals surface area contributed by atoms with Gasteiger partial charge in [-0.3, -0.25) is 30.6 Å². The van der Waals surface area contributed by atoms with E-state index < -0.39 is 17.7 Å². The normalized spacial score (nSPS) is 15.2. The second-order valence-corrected chi connectivity index (χ2v) is 7.63. The molecule has 1 aromatic carbocycles. The third-order valence-corrected chi connectivity index (χ3v) is 5.06. The lowest BCUT2D eigenvalue weighted by Gasteiger charge is -2.16. The molecule has 1 unspecified atom stereocenters. The van der Waals surface area contributed by atoms with Gasteiger partial charge in [-0.15, -0.1) is 0 Å². The summed E-state index contributed by atoms with van der Waals surface area (Å²) < 4.78 is 16.0. The van der Waals surface area contributed by atoms with Crippen molar-refractivity contribution in [1.82, 2.24) is 21.1 Å². The molecule has 33 heavy (non-hydrogen) atoms. The number of hydrazine groups is 1. The Bertz CT molecular complexity index is 964. The van der Waals surface area contributed by atoms with Crippen LogP contribution in [-0.2, 0) is 20.9 Å². The number of amides is 3. The summed E-state index contributed by atoms with van der Waals surface area (Å²) in [4.78, 5) is 38.4. The fraction of sp³-hybridized carbons (Fsp3) is 0.364. The Hall–Kier alpha value is -3.44. The summed E-state index contributed by atoms with van der Waals surface area (Å²) in [6.07, 6.45) is 1.62. The molecule has 3 rings (SSSR count).